The van der Waals surface area contributed by atoms with E-state index >= 15 is 0 Å². The van der Waals surface area contributed by atoms with Gasteiger partial charge >= 0.3 is 0 Å². The number of rotatable bonds is 6. The van der Waals surface area contributed by atoms with Crippen LogP contribution < -0.4 is 15.4 Å². The summed E-state index contributed by atoms with van der Waals surface area (Å²) in [7, 11) is 0.308. The van der Waals surface area contributed by atoms with Gasteiger partial charge in [-0.1, -0.05) is 17.7 Å². The first-order valence-electron chi connectivity index (χ1n) is 7.09. The van der Waals surface area contributed by atoms with Gasteiger partial charge in [-0.25, -0.2) is 13.3 Å². The molecule has 3 N–H and O–H groups in total. The first-order valence-corrected chi connectivity index (χ1v) is 8.62. The molecule has 1 heterocycles. The highest BCUT2D eigenvalue weighted by atomic mass is 35.5. The second-order valence-corrected chi connectivity index (χ2v) is 6.69. The molecular weight excluding hydrogens is 337 g/mol. The van der Waals surface area contributed by atoms with Gasteiger partial charge in [0, 0.05) is 30.9 Å². The molecule has 1 aromatic rings. The third-order valence-electron chi connectivity index (χ3n) is 3.31. The molecule has 2 rings (SSSR count). The standard InChI is InChI=1S/C16H19ClFN3OS/c1-11-15(17)7-13(18)8-16(11)23(22)21-10-14-6-12(9-20-14)4-3-5-19-2/h3-8,19-21H,9-10H2,1-2H3/b5-3-,12-4-. The van der Waals surface area contributed by atoms with Crippen LogP contribution >= 0.6 is 11.6 Å². The molecule has 7 heteroatoms. The quantitative estimate of drug-likeness (QED) is 0.735. The van der Waals surface area contributed by atoms with E-state index in [0.29, 0.717) is 17.0 Å². The van der Waals surface area contributed by atoms with E-state index < -0.39 is 16.8 Å². The zero-order valence-electron chi connectivity index (χ0n) is 13.0. The molecule has 0 aromatic heterocycles. The van der Waals surface area contributed by atoms with Crippen molar-refractivity contribution in [2.45, 2.75) is 11.8 Å². The maximum absolute atomic E-state index is 13.4. The van der Waals surface area contributed by atoms with E-state index in [4.69, 9.17) is 11.6 Å². The van der Waals surface area contributed by atoms with E-state index in [9.17, 15) is 8.60 Å². The van der Waals surface area contributed by atoms with Crippen LogP contribution in [0.4, 0.5) is 4.39 Å². The fourth-order valence-electron chi connectivity index (χ4n) is 2.07. The summed E-state index contributed by atoms with van der Waals surface area (Å²) >= 11 is 5.93. The van der Waals surface area contributed by atoms with E-state index in [0.717, 1.165) is 17.8 Å². The number of hydrogen-bond donors (Lipinski definition) is 3. The molecule has 1 aliphatic heterocycles. The monoisotopic (exact) mass is 355 g/mol. The Balaban J connectivity index is 1.99. The summed E-state index contributed by atoms with van der Waals surface area (Å²) < 4.78 is 28.6. The summed E-state index contributed by atoms with van der Waals surface area (Å²) in [6, 6.07) is 2.46. The van der Waals surface area contributed by atoms with Crippen molar-refractivity contribution in [3.63, 3.8) is 0 Å². The number of nitrogens with one attached hydrogen (secondary N) is 3. The van der Waals surface area contributed by atoms with Crippen molar-refractivity contribution >= 4 is 22.6 Å². The van der Waals surface area contributed by atoms with Crippen LogP contribution in [0.1, 0.15) is 5.56 Å². The molecule has 0 saturated carbocycles. The molecule has 0 amide bonds. The average Bonchev–Trinajstić information content (AvgIpc) is 2.96. The lowest BCUT2D eigenvalue weighted by Gasteiger charge is -2.10. The average molecular weight is 356 g/mol. The largest absolute Gasteiger partial charge is 0.394 e. The van der Waals surface area contributed by atoms with Gasteiger partial charge in [-0.15, -0.1) is 0 Å². The number of halogens is 2. The Hall–Kier alpha value is -1.63. The molecule has 0 spiro atoms. The molecule has 1 aliphatic rings. The van der Waals surface area contributed by atoms with Gasteiger partial charge in [-0.05, 0) is 48.5 Å². The Morgan fingerprint density at radius 3 is 3.00 bits per heavy atom. The minimum absolute atomic E-state index is 0.273. The second-order valence-electron chi connectivity index (χ2n) is 5.01. The SMILES string of the molecule is CN/C=C\C=C1\C=C(CNS(=O)c2cc(F)cc(Cl)c2C)NC1. The first-order chi connectivity index (χ1) is 11.0. The van der Waals surface area contributed by atoms with Gasteiger partial charge in [-0.2, -0.15) is 0 Å². The van der Waals surface area contributed by atoms with Crippen molar-refractivity contribution in [2.24, 2.45) is 0 Å². The highest BCUT2D eigenvalue weighted by molar-refractivity contribution is 7.83. The molecule has 1 atom stereocenters. The first kappa shape index (κ1) is 17.7. The van der Waals surface area contributed by atoms with E-state index in [1.54, 1.807) is 6.92 Å². The van der Waals surface area contributed by atoms with E-state index in [-0.39, 0.29) is 5.02 Å². The normalized spacial score (nSPS) is 17.4. The fraction of sp³-hybridized carbons (Fsp3) is 0.250. The molecule has 0 saturated heterocycles. The number of benzene rings is 1. The maximum atomic E-state index is 13.4. The Bertz CT molecular complexity index is 701. The predicted molar refractivity (Wildman–Crippen MR) is 92.9 cm³/mol. The van der Waals surface area contributed by atoms with Crippen LogP contribution in [-0.4, -0.2) is 24.3 Å². The highest BCUT2D eigenvalue weighted by Crippen LogP contribution is 2.23. The van der Waals surface area contributed by atoms with Crippen molar-refractivity contribution < 1.29 is 8.60 Å². The highest BCUT2D eigenvalue weighted by Gasteiger charge is 2.14. The molecular formula is C16H19ClFN3OS. The molecule has 1 aromatic carbocycles. The Kier molecular flexibility index (Phi) is 6.38. The zero-order valence-corrected chi connectivity index (χ0v) is 14.5. The lowest BCUT2D eigenvalue weighted by molar-refractivity contribution is 0.621. The lowest BCUT2D eigenvalue weighted by atomic mass is 10.2. The number of allylic oxidation sites excluding steroid dienone is 2. The molecule has 23 heavy (non-hydrogen) atoms. The third-order valence-corrected chi connectivity index (χ3v) is 4.93. The summed E-state index contributed by atoms with van der Waals surface area (Å²) in [5.41, 5.74) is 2.68. The molecule has 0 fully saturated rings. The fourth-order valence-corrected chi connectivity index (χ4v) is 3.38. The third kappa shape index (κ3) is 4.92. The van der Waals surface area contributed by atoms with Crippen LogP contribution in [0.25, 0.3) is 0 Å². The molecule has 0 bridgehead atoms. The smallest absolute Gasteiger partial charge is 0.125 e. The minimum atomic E-state index is -1.53. The Labute approximate surface area is 143 Å². The van der Waals surface area contributed by atoms with Crippen LogP contribution in [0, 0.1) is 12.7 Å². The molecule has 1 unspecified atom stereocenters. The Morgan fingerprint density at radius 1 is 1.48 bits per heavy atom. The minimum Gasteiger partial charge on any atom is -0.394 e. The number of hydrogen-bond acceptors (Lipinski definition) is 3. The Morgan fingerprint density at radius 2 is 2.26 bits per heavy atom. The molecule has 124 valence electrons. The topological polar surface area (TPSA) is 53.2 Å². The van der Waals surface area contributed by atoms with Gasteiger partial charge in [0.2, 0.25) is 0 Å². The van der Waals surface area contributed by atoms with Crippen LogP contribution in [-0.2, 0) is 11.0 Å². The van der Waals surface area contributed by atoms with Gasteiger partial charge in [0.05, 0.1) is 4.90 Å². The van der Waals surface area contributed by atoms with Gasteiger partial charge in [0.1, 0.15) is 16.8 Å². The summed E-state index contributed by atoms with van der Waals surface area (Å²) in [5.74, 6) is -0.495. The summed E-state index contributed by atoms with van der Waals surface area (Å²) in [4.78, 5) is 0.362. The second kappa shape index (κ2) is 8.29. The lowest BCUT2D eigenvalue weighted by Crippen LogP contribution is -2.25. The van der Waals surface area contributed by atoms with Gasteiger partial charge < -0.3 is 10.6 Å². The van der Waals surface area contributed by atoms with Crippen molar-refractivity contribution in [3.8, 4) is 0 Å². The van der Waals surface area contributed by atoms with E-state index in [2.05, 4.69) is 15.4 Å². The summed E-state index contributed by atoms with van der Waals surface area (Å²) in [6.45, 7) is 2.84. The van der Waals surface area contributed by atoms with Crippen molar-refractivity contribution in [1.29, 1.82) is 0 Å². The molecule has 0 aliphatic carbocycles. The molecule has 0 radical (unpaired) electrons. The molecule has 4 nitrogen and oxygen atoms in total. The van der Waals surface area contributed by atoms with Crippen LogP contribution in [0.5, 0.6) is 0 Å². The zero-order chi connectivity index (χ0) is 16.8. The summed E-state index contributed by atoms with van der Waals surface area (Å²) in [5, 5.41) is 6.41. The maximum Gasteiger partial charge on any atom is 0.125 e. The van der Waals surface area contributed by atoms with Gasteiger partial charge in [0.25, 0.3) is 0 Å². The van der Waals surface area contributed by atoms with Gasteiger partial charge in [0.15, 0.2) is 0 Å². The van der Waals surface area contributed by atoms with E-state index in [1.807, 2.05) is 31.5 Å². The van der Waals surface area contributed by atoms with Crippen LogP contribution in [0.15, 0.2) is 52.7 Å². The van der Waals surface area contributed by atoms with Crippen molar-refractivity contribution in [3.05, 3.63) is 64.2 Å². The van der Waals surface area contributed by atoms with Crippen molar-refractivity contribution in [1.82, 2.24) is 15.4 Å². The van der Waals surface area contributed by atoms with E-state index in [1.165, 1.54) is 12.1 Å². The summed E-state index contributed by atoms with van der Waals surface area (Å²) in [6.07, 6.45) is 7.74. The van der Waals surface area contributed by atoms with Crippen molar-refractivity contribution in [2.75, 3.05) is 20.1 Å². The van der Waals surface area contributed by atoms with Gasteiger partial charge in [-0.3, -0.25) is 0 Å². The predicted octanol–water partition coefficient (Wildman–Crippen LogP) is 2.55. The van der Waals surface area contributed by atoms with Crippen LogP contribution in [0.3, 0.4) is 0 Å². The van der Waals surface area contributed by atoms with Crippen LogP contribution in [0.2, 0.25) is 5.02 Å².